The number of hydrogen-bond donors (Lipinski definition) is 3. The molecule has 13 heavy (non-hydrogen) atoms. The molecule has 0 heterocycles. The van der Waals surface area contributed by atoms with Gasteiger partial charge in [0.1, 0.15) is 0 Å². The minimum absolute atomic E-state index is 0.575. The van der Waals surface area contributed by atoms with Crippen molar-refractivity contribution in [2.75, 3.05) is 6.54 Å². The zero-order chi connectivity index (χ0) is 9.26. The van der Waals surface area contributed by atoms with Gasteiger partial charge < -0.3 is 10.7 Å². The highest BCUT2D eigenvalue weighted by molar-refractivity contribution is 7.80. The first-order valence-corrected chi connectivity index (χ1v) is 5.46. The molecule has 74 valence electrons. The van der Waals surface area contributed by atoms with Crippen molar-refractivity contribution in [2.24, 2.45) is 23.6 Å². The lowest BCUT2D eigenvalue weighted by Crippen LogP contribution is -2.42. The summed E-state index contributed by atoms with van der Waals surface area (Å²) in [6, 6.07) is 0. The van der Waals surface area contributed by atoms with Crippen LogP contribution in [0.15, 0.2) is 0 Å². The van der Waals surface area contributed by atoms with Gasteiger partial charge in [-0.2, -0.15) is 0 Å². The van der Waals surface area contributed by atoms with Gasteiger partial charge >= 0.3 is 0 Å². The molecule has 0 radical (unpaired) electrons. The van der Waals surface area contributed by atoms with E-state index < -0.39 is 0 Å². The monoisotopic (exact) mass is 199 g/mol. The van der Waals surface area contributed by atoms with E-state index in [1.54, 1.807) is 0 Å². The first-order chi connectivity index (χ1) is 6.31. The maximum atomic E-state index is 5.19. The zero-order valence-electron chi connectivity index (χ0n) is 7.75. The molecule has 0 bridgehead atoms. The van der Waals surface area contributed by atoms with E-state index in [9.17, 15) is 0 Å². The van der Waals surface area contributed by atoms with Crippen molar-refractivity contribution in [1.29, 1.82) is 0 Å². The van der Waals surface area contributed by atoms with Crippen LogP contribution in [-0.4, -0.2) is 11.7 Å². The van der Waals surface area contributed by atoms with Crippen LogP contribution in [0, 0.1) is 17.8 Å². The molecule has 2 rings (SSSR count). The molecule has 4 heteroatoms. The highest BCUT2D eigenvalue weighted by atomic mass is 32.1. The largest absolute Gasteiger partial charge is 0.361 e. The predicted molar refractivity (Wildman–Crippen MR) is 56.9 cm³/mol. The molecule has 0 saturated heterocycles. The van der Waals surface area contributed by atoms with Gasteiger partial charge in [0.2, 0.25) is 0 Å². The van der Waals surface area contributed by atoms with E-state index >= 15 is 0 Å². The number of rotatable bonds is 4. The Balaban J connectivity index is 1.73. The Morgan fingerprint density at radius 3 is 2.23 bits per heavy atom. The Hall–Kier alpha value is -0.350. The van der Waals surface area contributed by atoms with Crippen LogP contribution in [0.3, 0.4) is 0 Å². The molecule has 2 saturated carbocycles. The predicted octanol–water partition coefficient (Wildman–Crippen LogP) is 0.760. The lowest BCUT2D eigenvalue weighted by atomic mass is 9.98. The van der Waals surface area contributed by atoms with Gasteiger partial charge in [0.15, 0.2) is 5.11 Å². The van der Waals surface area contributed by atoms with Crippen molar-refractivity contribution < 1.29 is 0 Å². The van der Waals surface area contributed by atoms with Crippen LogP contribution in [0.2, 0.25) is 0 Å². The molecule has 0 aromatic rings. The van der Waals surface area contributed by atoms with Crippen molar-refractivity contribution in [2.45, 2.75) is 25.7 Å². The Labute approximate surface area is 84.4 Å². The first-order valence-electron chi connectivity index (χ1n) is 5.05. The summed E-state index contributed by atoms with van der Waals surface area (Å²) >= 11 is 4.94. The van der Waals surface area contributed by atoms with E-state index in [1.807, 2.05) is 0 Å². The van der Waals surface area contributed by atoms with E-state index in [0.29, 0.717) is 5.11 Å². The SMILES string of the molecule is NNC(=S)NCC(C1CC1)C1CC1. The van der Waals surface area contributed by atoms with Crippen LogP contribution in [0.4, 0.5) is 0 Å². The third-order valence-electron chi connectivity index (χ3n) is 3.08. The number of nitrogens with one attached hydrogen (secondary N) is 2. The smallest absolute Gasteiger partial charge is 0.180 e. The fraction of sp³-hybridized carbons (Fsp3) is 0.889. The molecule has 0 aromatic carbocycles. The molecule has 0 atom stereocenters. The van der Waals surface area contributed by atoms with Crippen molar-refractivity contribution in [3.8, 4) is 0 Å². The van der Waals surface area contributed by atoms with Crippen LogP contribution < -0.4 is 16.6 Å². The van der Waals surface area contributed by atoms with E-state index in [-0.39, 0.29) is 0 Å². The maximum Gasteiger partial charge on any atom is 0.180 e. The molecule has 2 aliphatic rings. The summed E-state index contributed by atoms with van der Waals surface area (Å²) in [5, 5.41) is 3.75. The standard InChI is InChI=1S/C9H17N3S/c10-12-9(13)11-5-8(6-1-2-6)7-3-4-7/h6-8H,1-5,10H2,(H2,11,12,13). The maximum absolute atomic E-state index is 5.19. The number of nitrogens with two attached hydrogens (primary N) is 1. The third-order valence-corrected chi connectivity index (χ3v) is 3.35. The second-order valence-electron chi connectivity index (χ2n) is 4.19. The highest BCUT2D eigenvalue weighted by Crippen LogP contribution is 2.48. The first kappa shape index (κ1) is 9.21. The normalized spacial score (nSPS) is 21.7. The summed E-state index contributed by atoms with van der Waals surface area (Å²) in [6.45, 7) is 1.01. The molecule has 0 spiro atoms. The molecule has 0 aromatic heterocycles. The molecule has 0 aliphatic heterocycles. The van der Waals surface area contributed by atoms with Crippen molar-refractivity contribution in [3.05, 3.63) is 0 Å². The van der Waals surface area contributed by atoms with Gasteiger partial charge in [-0.15, -0.1) is 0 Å². The van der Waals surface area contributed by atoms with Gasteiger partial charge in [0.25, 0.3) is 0 Å². The molecule has 0 amide bonds. The third kappa shape index (κ3) is 2.54. The van der Waals surface area contributed by atoms with Gasteiger partial charge in [-0.3, -0.25) is 0 Å². The summed E-state index contributed by atoms with van der Waals surface area (Å²) in [7, 11) is 0. The van der Waals surface area contributed by atoms with E-state index in [2.05, 4.69) is 10.7 Å². The molecule has 0 unspecified atom stereocenters. The number of thiocarbonyl (C=S) groups is 1. The van der Waals surface area contributed by atoms with Crippen molar-refractivity contribution in [1.82, 2.24) is 10.7 Å². The van der Waals surface area contributed by atoms with Crippen molar-refractivity contribution >= 4 is 17.3 Å². The summed E-state index contributed by atoms with van der Waals surface area (Å²) in [5.74, 6) is 7.99. The van der Waals surface area contributed by atoms with Crippen LogP contribution in [0.5, 0.6) is 0 Å². The van der Waals surface area contributed by atoms with Gasteiger partial charge in [-0.1, -0.05) is 0 Å². The Morgan fingerprint density at radius 2 is 1.85 bits per heavy atom. The van der Waals surface area contributed by atoms with Crippen LogP contribution >= 0.6 is 12.2 Å². The van der Waals surface area contributed by atoms with Gasteiger partial charge in [-0.05, 0) is 55.7 Å². The van der Waals surface area contributed by atoms with Gasteiger partial charge in [0.05, 0.1) is 0 Å². The molecule has 2 aliphatic carbocycles. The minimum Gasteiger partial charge on any atom is -0.361 e. The minimum atomic E-state index is 0.575. The quantitative estimate of drug-likeness (QED) is 0.355. The summed E-state index contributed by atoms with van der Waals surface area (Å²) in [5.41, 5.74) is 2.46. The molecular weight excluding hydrogens is 182 g/mol. The Kier molecular flexibility index (Phi) is 2.69. The lowest BCUT2D eigenvalue weighted by Gasteiger charge is -2.16. The molecule has 2 fully saturated rings. The fourth-order valence-corrected chi connectivity index (χ4v) is 2.11. The average molecular weight is 199 g/mol. The number of hydrazine groups is 1. The molecule has 4 N–H and O–H groups in total. The Bertz CT molecular complexity index is 187. The summed E-state index contributed by atoms with van der Waals surface area (Å²) in [4.78, 5) is 0. The number of hydrogen-bond acceptors (Lipinski definition) is 2. The Morgan fingerprint density at radius 1 is 1.31 bits per heavy atom. The van der Waals surface area contributed by atoms with Crippen molar-refractivity contribution in [3.63, 3.8) is 0 Å². The average Bonchev–Trinajstić information content (AvgIpc) is 2.98. The lowest BCUT2D eigenvalue weighted by molar-refractivity contribution is 0.401. The van der Waals surface area contributed by atoms with E-state index in [1.165, 1.54) is 25.7 Å². The fourth-order valence-electron chi connectivity index (χ4n) is 2.03. The van der Waals surface area contributed by atoms with Crippen LogP contribution in [0.1, 0.15) is 25.7 Å². The van der Waals surface area contributed by atoms with E-state index in [0.717, 1.165) is 24.3 Å². The van der Waals surface area contributed by atoms with Crippen LogP contribution in [0.25, 0.3) is 0 Å². The zero-order valence-corrected chi connectivity index (χ0v) is 8.57. The summed E-state index contributed by atoms with van der Waals surface area (Å²) in [6.07, 6.45) is 5.69. The molecule has 3 nitrogen and oxygen atoms in total. The van der Waals surface area contributed by atoms with Gasteiger partial charge in [0, 0.05) is 6.54 Å². The molecular formula is C9H17N3S. The highest BCUT2D eigenvalue weighted by Gasteiger charge is 2.40. The second kappa shape index (κ2) is 3.80. The summed E-state index contributed by atoms with van der Waals surface area (Å²) < 4.78 is 0. The van der Waals surface area contributed by atoms with Gasteiger partial charge in [-0.25, -0.2) is 5.84 Å². The topological polar surface area (TPSA) is 50.1 Å². The van der Waals surface area contributed by atoms with E-state index in [4.69, 9.17) is 18.1 Å². The second-order valence-corrected chi connectivity index (χ2v) is 4.60. The van der Waals surface area contributed by atoms with Crippen LogP contribution in [-0.2, 0) is 0 Å².